The van der Waals surface area contributed by atoms with Crippen LogP contribution in [0.15, 0.2) is 49.1 Å². The van der Waals surface area contributed by atoms with Crippen LogP contribution in [-0.2, 0) is 0 Å². The summed E-state index contributed by atoms with van der Waals surface area (Å²) in [5.41, 5.74) is 1.05. The third kappa shape index (κ3) is 1.97. The summed E-state index contributed by atoms with van der Waals surface area (Å²) in [7, 11) is 0. The Kier molecular flexibility index (Phi) is 2.93. The van der Waals surface area contributed by atoms with Crippen molar-refractivity contribution in [2.24, 2.45) is 0 Å². The molecule has 2 heteroatoms. The van der Waals surface area contributed by atoms with Crippen LogP contribution in [0.25, 0.3) is 10.8 Å². The summed E-state index contributed by atoms with van der Waals surface area (Å²) >= 11 is 6.18. The van der Waals surface area contributed by atoms with Crippen LogP contribution in [0, 0.1) is 0 Å². The molecule has 1 N–H and O–H groups in total. The van der Waals surface area contributed by atoms with Crippen molar-refractivity contribution in [3.63, 3.8) is 0 Å². The van der Waals surface area contributed by atoms with Crippen molar-refractivity contribution in [3.05, 3.63) is 54.1 Å². The minimum absolute atomic E-state index is 0.740. The van der Waals surface area contributed by atoms with Gasteiger partial charge in [0.05, 0.1) is 5.02 Å². The first-order chi connectivity index (χ1) is 7.33. The summed E-state index contributed by atoms with van der Waals surface area (Å²) < 4.78 is 0. The highest BCUT2D eigenvalue weighted by molar-refractivity contribution is 6.36. The van der Waals surface area contributed by atoms with Gasteiger partial charge < -0.3 is 5.32 Å². The molecule has 0 saturated carbocycles. The summed E-state index contributed by atoms with van der Waals surface area (Å²) in [6.07, 6.45) is 1.83. The van der Waals surface area contributed by atoms with E-state index in [4.69, 9.17) is 11.6 Å². The maximum absolute atomic E-state index is 6.18. The molecular weight excluding hydrogens is 206 g/mol. The smallest absolute Gasteiger partial charge is 0.0505 e. The Morgan fingerprint density at radius 3 is 2.67 bits per heavy atom. The van der Waals surface area contributed by atoms with Crippen molar-refractivity contribution in [1.82, 2.24) is 0 Å². The topological polar surface area (TPSA) is 12.0 Å². The van der Waals surface area contributed by atoms with E-state index in [0.29, 0.717) is 0 Å². The highest BCUT2D eigenvalue weighted by atomic mass is 35.5. The van der Waals surface area contributed by atoms with Gasteiger partial charge in [0.15, 0.2) is 0 Å². The summed E-state index contributed by atoms with van der Waals surface area (Å²) in [4.78, 5) is 0. The zero-order chi connectivity index (χ0) is 10.7. The zero-order valence-corrected chi connectivity index (χ0v) is 9.09. The average Bonchev–Trinajstić information content (AvgIpc) is 2.26. The second-order valence-electron chi connectivity index (χ2n) is 3.31. The molecule has 0 amide bonds. The maximum Gasteiger partial charge on any atom is 0.0505 e. The van der Waals surface area contributed by atoms with Crippen molar-refractivity contribution in [2.75, 3.05) is 11.9 Å². The maximum atomic E-state index is 6.18. The molecule has 0 spiro atoms. The monoisotopic (exact) mass is 217 g/mol. The Balaban J connectivity index is 2.58. The predicted molar refractivity (Wildman–Crippen MR) is 67.6 cm³/mol. The van der Waals surface area contributed by atoms with Gasteiger partial charge in [-0.3, -0.25) is 0 Å². The van der Waals surface area contributed by atoms with Crippen LogP contribution in [0.2, 0.25) is 5.02 Å². The minimum Gasteiger partial charge on any atom is -0.381 e. The first kappa shape index (κ1) is 10.1. The van der Waals surface area contributed by atoms with E-state index in [1.54, 1.807) is 0 Å². The number of halogens is 1. The Morgan fingerprint density at radius 2 is 1.93 bits per heavy atom. The molecule has 0 aromatic heterocycles. The standard InChI is InChI=1S/C13H12ClN/c1-2-9-15-12-8-4-6-10-5-3-7-11(14)13(10)12/h2-8,15H,1,9H2. The molecule has 0 atom stereocenters. The quantitative estimate of drug-likeness (QED) is 0.764. The lowest BCUT2D eigenvalue weighted by atomic mass is 10.1. The molecule has 0 aliphatic heterocycles. The van der Waals surface area contributed by atoms with E-state index in [-0.39, 0.29) is 0 Å². The third-order valence-corrected chi connectivity index (χ3v) is 2.61. The summed E-state index contributed by atoms with van der Waals surface area (Å²) in [6.45, 7) is 4.42. The highest BCUT2D eigenvalue weighted by Gasteiger charge is 2.02. The molecule has 0 unspecified atom stereocenters. The van der Waals surface area contributed by atoms with Crippen molar-refractivity contribution in [1.29, 1.82) is 0 Å². The fourth-order valence-electron chi connectivity index (χ4n) is 1.62. The van der Waals surface area contributed by atoms with Crippen LogP contribution in [0.3, 0.4) is 0 Å². The van der Waals surface area contributed by atoms with Crippen molar-refractivity contribution >= 4 is 28.1 Å². The molecule has 1 nitrogen and oxygen atoms in total. The van der Waals surface area contributed by atoms with E-state index < -0.39 is 0 Å². The molecule has 0 bridgehead atoms. The summed E-state index contributed by atoms with van der Waals surface area (Å²) in [5.74, 6) is 0. The van der Waals surface area contributed by atoms with E-state index in [1.807, 2.05) is 30.3 Å². The second kappa shape index (κ2) is 4.37. The molecule has 76 valence electrons. The zero-order valence-electron chi connectivity index (χ0n) is 8.33. The molecule has 2 rings (SSSR count). The van der Waals surface area contributed by atoms with Crippen LogP contribution in [0.4, 0.5) is 5.69 Å². The van der Waals surface area contributed by atoms with E-state index >= 15 is 0 Å². The van der Waals surface area contributed by atoms with Crippen molar-refractivity contribution in [3.8, 4) is 0 Å². The van der Waals surface area contributed by atoms with Gasteiger partial charge in [-0.2, -0.15) is 0 Å². The van der Waals surface area contributed by atoms with Gasteiger partial charge in [0.1, 0.15) is 0 Å². The molecule has 0 fully saturated rings. The van der Waals surface area contributed by atoms with E-state index in [2.05, 4.69) is 24.0 Å². The van der Waals surface area contributed by atoms with E-state index in [0.717, 1.165) is 28.0 Å². The number of benzene rings is 2. The SMILES string of the molecule is C=CCNc1cccc2cccc(Cl)c12. The Hall–Kier alpha value is -1.47. The number of rotatable bonds is 3. The largest absolute Gasteiger partial charge is 0.381 e. The molecule has 0 aliphatic carbocycles. The fourth-order valence-corrected chi connectivity index (χ4v) is 1.91. The molecule has 0 radical (unpaired) electrons. The Morgan fingerprint density at radius 1 is 1.20 bits per heavy atom. The van der Waals surface area contributed by atoms with Gasteiger partial charge in [-0.25, -0.2) is 0 Å². The van der Waals surface area contributed by atoms with Gasteiger partial charge in [0.25, 0.3) is 0 Å². The minimum atomic E-state index is 0.740. The number of anilines is 1. The molecular formula is C13H12ClN. The van der Waals surface area contributed by atoms with Gasteiger partial charge in [0, 0.05) is 17.6 Å². The summed E-state index contributed by atoms with van der Waals surface area (Å²) in [5, 5.41) is 6.28. The summed E-state index contributed by atoms with van der Waals surface area (Å²) in [6, 6.07) is 12.0. The second-order valence-corrected chi connectivity index (χ2v) is 3.72. The lowest BCUT2D eigenvalue weighted by Gasteiger charge is -2.09. The average molecular weight is 218 g/mol. The lowest BCUT2D eigenvalue weighted by Crippen LogP contribution is -1.98. The van der Waals surface area contributed by atoms with Gasteiger partial charge in [-0.15, -0.1) is 6.58 Å². The van der Waals surface area contributed by atoms with Crippen LogP contribution in [-0.4, -0.2) is 6.54 Å². The first-order valence-electron chi connectivity index (χ1n) is 4.85. The van der Waals surface area contributed by atoms with Crippen LogP contribution >= 0.6 is 11.6 Å². The normalized spacial score (nSPS) is 10.2. The first-order valence-corrected chi connectivity index (χ1v) is 5.23. The van der Waals surface area contributed by atoms with Crippen molar-refractivity contribution in [2.45, 2.75) is 0 Å². The van der Waals surface area contributed by atoms with Gasteiger partial charge in [-0.05, 0) is 17.5 Å². The fraction of sp³-hybridized carbons (Fsp3) is 0.0769. The third-order valence-electron chi connectivity index (χ3n) is 2.29. The molecule has 0 heterocycles. The van der Waals surface area contributed by atoms with E-state index in [9.17, 15) is 0 Å². The molecule has 2 aromatic rings. The molecule has 0 aliphatic rings. The number of nitrogens with one attached hydrogen (secondary N) is 1. The van der Waals surface area contributed by atoms with Crippen LogP contribution in [0.5, 0.6) is 0 Å². The van der Waals surface area contributed by atoms with Crippen LogP contribution < -0.4 is 5.32 Å². The lowest BCUT2D eigenvalue weighted by molar-refractivity contribution is 1.36. The number of hydrogen-bond acceptors (Lipinski definition) is 1. The Bertz CT molecular complexity index is 486. The molecule has 0 saturated heterocycles. The highest BCUT2D eigenvalue weighted by Crippen LogP contribution is 2.30. The van der Waals surface area contributed by atoms with Gasteiger partial charge in [0.2, 0.25) is 0 Å². The number of hydrogen-bond donors (Lipinski definition) is 1. The van der Waals surface area contributed by atoms with Crippen LogP contribution in [0.1, 0.15) is 0 Å². The Labute approximate surface area is 94.4 Å². The molecule has 2 aromatic carbocycles. The predicted octanol–water partition coefficient (Wildman–Crippen LogP) is 4.09. The molecule has 15 heavy (non-hydrogen) atoms. The van der Waals surface area contributed by atoms with Crippen molar-refractivity contribution < 1.29 is 0 Å². The van der Waals surface area contributed by atoms with Gasteiger partial charge >= 0.3 is 0 Å². The van der Waals surface area contributed by atoms with Gasteiger partial charge in [-0.1, -0.05) is 41.9 Å². The number of fused-ring (bicyclic) bond motifs is 1. The van der Waals surface area contributed by atoms with E-state index in [1.165, 1.54) is 0 Å².